The van der Waals surface area contributed by atoms with Crippen LogP contribution in [0, 0.1) is 0 Å². The molecule has 0 amide bonds. The van der Waals surface area contributed by atoms with Crippen molar-refractivity contribution >= 4 is 13.1 Å². The summed E-state index contributed by atoms with van der Waals surface area (Å²) in [6.45, 7) is 5.40. The molecule has 0 unspecified atom stereocenters. The van der Waals surface area contributed by atoms with E-state index in [1.165, 1.54) is 25.7 Å². The van der Waals surface area contributed by atoms with Gasteiger partial charge in [0.25, 0.3) is 0 Å². The van der Waals surface area contributed by atoms with Gasteiger partial charge in [-0.05, 0) is 0 Å². The minimum absolute atomic E-state index is 0.959. The fourth-order valence-electron chi connectivity index (χ4n) is 0.881. The van der Waals surface area contributed by atoms with E-state index in [2.05, 4.69) is 19.2 Å². The first kappa shape index (κ1) is 10.7. The second-order valence-corrected chi connectivity index (χ2v) is 2.91. The Balaban J connectivity index is 3.09. The molecule has 0 fully saturated rings. The average Bonchev–Trinajstić information content (AvgIpc) is 2.01. The SMILES string of the molecule is [B]=C(CCCC)NCCCC. The van der Waals surface area contributed by atoms with Crippen LogP contribution in [0.2, 0.25) is 0 Å². The van der Waals surface area contributed by atoms with Crippen LogP contribution in [0.3, 0.4) is 0 Å². The predicted octanol–water partition coefficient (Wildman–Crippen LogP) is 1.86. The van der Waals surface area contributed by atoms with Crippen LogP contribution in [0.15, 0.2) is 0 Å². The van der Waals surface area contributed by atoms with Gasteiger partial charge in [0.2, 0.25) is 0 Å². The monoisotopic (exact) mass is 152 g/mol. The third-order valence-corrected chi connectivity index (χ3v) is 1.68. The maximum atomic E-state index is 5.71. The van der Waals surface area contributed by atoms with Crippen molar-refractivity contribution in [2.45, 2.75) is 46.0 Å². The molecule has 0 aliphatic rings. The van der Waals surface area contributed by atoms with Crippen LogP contribution in [-0.4, -0.2) is 19.6 Å². The van der Waals surface area contributed by atoms with E-state index in [-0.39, 0.29) is 0 Å². The molecule has 1 N–H and O–H groups in total. The first-order valence-corrected chi connectivity index (χ1v) is 4.66. The number of rotatable bonds is 7. The van der Waals surface area contributed by atoms with Crippen LogP contribution in [0.4, 0.5) is 0 Å². The fraction of sp³-hybridized carbons (Fsp3) is 0.889. The molecule has 1 nitrogen and oxygen atoms in total. The Morgan fingerprint density at radius 2 is 1.82 bits per heavy atom. The molecule has 0 aromatic heterocycles. The predicted molar refractivity (Wildman–Crippen MR) is 53.2 cm³/mol. The average molecular weight is 152 g/mol. The summed E-state index contributed by atoms with van der Waals surface area (Å²) in [6.07, 6.45) is 5.89. The van der Waals surface area contributed by atoms with Gasteiger partial charge in [-0.2, -0.15) is 0 Å². The first-order valence-electron chi connectivity index (χ1n) is 4.66. The quantitative estimate of drug-likeness (QED) is 0.433. The van der Waals surface area contributed by atoms with Crippen LogP contribution in [0.25, 0.3) is 0 Å². The van der Waals surface area contributed by atoms with Gasteiger partial charge in [-0.25, -0.2) is 0 Å². The first-order chi connectivity index (χ1) is 5.31. The Kier molecular flexibility index (Phi) is 7.65. The van der Waals surface area contributed by atoms with Crippen molar-refractivity contribution in [2.24, 2.45) is 0 Å². The molecule has 0 saturated heterocycles. The third-order valence-electron chi connectivity index (χ3n) is 1.68. The number of hydrogen-bond acceptors (Lipinski definition) is 1. The Morgan fingerprint density at radius 3 is 2.36 bits per heavy atom. The number of unbranched alkanes of at least 4 members (excludes halogenated alkanes) is 2. The van der Waals surface area contributed by atoms with Gasteiger partial charge in [0, 0.05) is 0 Å². The third kappa shape index (κ3) is 7.63. The van der Waals surface area contributed by atoms with Crippen LogP contribution >= 0.6 is 0 Å². The number of hydrogen-bond donors (Lipinski definition) is 1. The topological polar surface area (TPSA) is 12.0 Å². The molecule has 0 aliphatic carbocycles. The molecule has 0 heterocycles. The van der Waals surface area contributed by atoms with E-state index in [1.54, 1.807) is 0 Å². The minimum atomic E-state index is 0.959. The van der Waals surface area contributed by atoms with Gasteiger partial charge in [-0.3, -0.25) is 0 Å². The van der Waals surface area contributed by atoms with Crippen molar-refractivity contribution in [1.82, 2.24) is 5.32 Å². The molecule has 0 saturated carbocycles. The summed E-state index contributed by atoms with van der Waals surface area (Å²) in [7, 11) is 5.71. The summed E-state index contributed by atoms with van der Waals surface area (Å²) in [6, 6.07) is 0. The molecule has 0 spiro atoms. The van der Waals surface area contributed by atoms with Crippen molar-refractivity contribution in [2.75, 3.05) is 6.54 Å². The molecular weight excluding hydrogens is 133 g/mol. The molecular formula is C9H19BN. The molecule has 0 aromatic carbocycles. The van der Waals surface area contributed by atoms with E-state index in [0.29, 0.717) is 0 Å². The standard InChI is InChI=1S/C9H19BN/c1-3-5-7-9(10)11-8-6-4-2/h11H,3-8H2,1-2H3. The van der Waals surface area contributed by atoms with Crippen LogP contribution in [-0.2, 0) is 0 Å². The van der Waals surface area contributed by atoms with E-state index >= 15 is 0 Å². The summed E-state index contributed by atoms with van der Waals surface area (Å²) in [5.41, 5.74) is 0.959. The normalized spacial score (nSPS) is 9.55. The van der Waals surface area contributed by atoms with Crippen molar-refractivity contribution in [3.8, 4) is 0 Å². The van der Waals surface area contributed by atoms with Crippen molar-refractivity contribution < 1.29 is 0 Å². The van der Waals surface area contributed by atoms with Crippen molar-refractivity contribution in [3.63, 3.8) is 0 Å². The van der Waals surface area contributed by atoms with Crippen LogP contribution in [0.1, 0.15) is 46.0 Å². The second-order valence-electron chi connectivity index (χ2n) is 2.91. The van der Waals surface area contributed by atoms with E-state index in [0.717, 1.165) is 18.6 Å². The van der Waals surface area contributed by atoms with E-state index in [9.17, 15) is 0 Å². The summed E-state index contributed by atoms with van der Waals surface area (Å²) < 4.78 is 0. The van der Waals surface area contributed by atoms with E-state index in [1.807, 2.05) is 0 Å². The number of nitrogens with one attached hydrogen (secondary N) is 1. The van der Waals surface area contributed by atoms with Gasteiger partial charge in [-0.15, -0.1) is 0 Å². The van der Waals surface area contributed by atoms with Crippen molar-refractivity contribution in [3.05, 3.63) is 0 Å². The summed E-state index contributed by atoms with van der Waals surface area (Å²) in [5.74, 6) is 0. The molecule has 0 rings (SSSR count). The van der Waals surface area contributed by atoms with Crippen LogP contribution < -0.4 is 5.32 Å². The zero-order valence-corrected chi connectivity index (χ0v) is 7.82. The van der Waals surface area contributed by atoms with E-state index < -0.39 is 0 Å². The molecule has 2 heteroatoms. The molecule has 11 heavy (non-hydrogen) atoms. The van der Waals surface area contributed by atoms with Crippen molar-refractivity contribution in [1.29, 1.82) is 0 Å². The maximum absolute atomic E-state index is 5.71. The van der Waals surface area contributed by atoms with Gasteiger partial charge in [0.05, 0.1) is 0 Å². The molecule has 0 aliphatic heterocycles. The van der Waals surface area contributed by atoms with Gasteiger partial charge < -0.3 is 0 Å². The Morgan fingerprint density at radius 1 is 1.18 bits per heavy atom. The second kappa shape index (κ2) is 7.84. The van der Waals surface area contributed by atoms with Gasteiger partial charge >= 0.3 is 70.9 Å². The molecule has 1 radical (unpaired) electrons. The molecule has 63 valence electrons. The molecule has 0 atom stereocenters. The molecule has 0 bridgehead atoms. The van der Waals surface area contributed by atoms with Crippen LogP contribution in [0.5, 0.6) is 0 Å². The summed E-state index contributed by atoms with van der Waals surface area (Å²) in [5, 5.41) is 3.21. The van der Waals surface area contributed by atoms with Gasteiger partial charge in [0.15, 0.2) is 0 Å². The Bertz CT molecular complexity index is 102. The van der Waals surface area contributed by atoms with Gasteiger partial charge in [0.1, 0.15) is 0 Å². The fourth-order valence-corrected chi connectivity index (χ4v) is 0.881. The zero-order valence-electron chi connectivity index (χ0n) is 7.82. The summed E-state index contributed by atoms with van der Waals surface area (Å²) in [4.78, 5) is 0. The summed E-state index contributed by atoms with van der Waals surface area (Å²) >= 11 is 0. The Hall–Kier alpha value is -0.265. The van der Waals surface area contributed by atoms with E-state index in [4.69, 9.17) is 7.49 Å². The van der Waals surface area contributed by atoms with Gasteiger partial charge in [-0.1, -0.05) is 0 Å². The zero-order chi connectivity index (χ0) is 8.53. The molecule has 0 aromatic rings. The Labute approximate surface area is 71.6 Å².